The van der Waals surface area contributed by atoms with Crippen LogP contribution in [-0.2, 0) is 4.74 Å². The number of hydrogen-bond donors (Lipinski definition) is 2. The molecule has 116 valence electrons. The van der Waals surface area contributed by atoms with E-state index >= 15 is 0 Å². The number of halogens is 1. The van der Waals surface area contributed by atoms with Gasteiger partial charge in [0.2, 0.25) is 5.88 Å². The Morgan fingerprint density at radius 1 is 1.23 bits per heavy atom. The molecule has 0 spiro atoms. The van der Waals surface area contributed by atoms with Gasteiger partial charge in [-0.1, -0.05) is 0 Å². The molecule has 0 saturated carbocycles. The topological polar surface area (TPSA) is 72.5 Å². The molecule has 0 fully saturated rings. The van der Waals surface area contributed by atoms with E-state index in [9.17, 15) is 9.18 Å². The highest BCUT2D eigenvalue weighted by Gasteiger charge is 2.03. The van der Waals surface area contributed by atoms with Crippen LogP contribution in [0.25, 0.3) is 0 Å². The van der Waals surface area contributed by atoms with E-state index in [1.165, 1.54) is 30.5 Å². The van der Waals surface area contributed by atoms with E-state index in [-0.39, 0.29) is 11.8 Å². The molecule has 1 aromatic carbocycles. The van der Waals surface area contributed by atoms with Gasteiger partial charge in [0.1, 0.15) is 11.6 Å². The summed E-state index contributed by atoms with van der Waals surface area (Å²) < 4.78 is 23.1. The van der Waals surface area contributed by atoms with Crippen LogP contribution in [0, 0.1) is 5.82 Å². The molecule has 0 bridgehead atoms. The fourth-order valence-electron chi connectivity index (χ4n) is 1.58. The third kappa shape index (κ3) is 5.02. The number of methoxy groups -OCH3 is 1. The number of urea groups is 1. The van der Waals surface area contributed by atoms with Crippen LogP contribution in [-0.4, -0.2) is 31.3 Å². The highest BCUT2D eigenvalue weighted by atomic mass is 19.1. The van der Waals surface area contributed by atoms with Crippen molar-refractivity contribution in [2.24, 2.45) is 0 Å². The molecule has 0 radical (unpaired) electrons. The number of amides is 2. The smallest absolute Gasteiger partial charge is 0.319 e. The van der Waals surface area contributed by atoms with E-state index in [0.717, 1.165) is 0 Å². The van der Waals surface area contributed by atoms with E-state index in [4.69, 9.17) is 9.47 Å². The van der Waals surface area contributed by atoms with E-state index in [2.05, 4.69) is 15.6 Å². The number of ether oxygens (including phenoxy) is 2. The maximum absolute atomic E-state index is 12.8. The monoisotopic (exact) mass is 305 g/mol. The second-order valence-corrected chi connectivity index (χ2v) is 4.31. The first kappa shape index (κ1) is 15.7. The number of carbonyl (C=O) groups excluding carboxylic acids is 1. The lowest BCUT2D eigenvalue weighted by molar-refractivity contribution is 0.198. The molecule has 7 heteroatoms. The molecule has 0 aliphatic carbocycles. The number of anilines is 1. The SMILES string of the molecule is COCCNC(=O)Nc1ccc(Oc2ccc(F)cc2)nc1. The number of nitrogens with zero attached hydrogens (tertiary/aromatic N) is 1. The Morgan fingerprint density at radius 3 is 2.64 bits per heavy atom. The summed E-state index contributed by atoms with van der Waals surface area (Å²) >= 11 is 0. The van der Waals surface area contributed by atoms with Crippen LogP contribution in [0.2, 0.25) is 0 Å². The Balaban J connectivity index is 1.87. The molecule has 22 heavy (non-hydrogen) atoms. The van der Waals surface area contributed by atoms with Gasteiger partial charge < -0.3 is 20.1 Å². The van der Waals surface area contributed by atoms with Gasteiger partial charge >= 0.3 is 6.03 Å². The van der Waals surface area contributed by atoms with Gasteiger partial charge in [0.15, 0.2) is 0 Å². The zero-order valence-electron chi connectivity index (χ0n) is 12.0. The molecule has 1 heterocycles. The molecule has 2 amide bonds. The predicted molar refractivity (Wildman–Crippen MR) is 79.6 cm³/mol. The first-order chi connectivity index (χ1) is 10.7. The minimum absolute atomic E-state index is 0.334. The van der Waals surface area contributed by atoms with Gasteiger partial charge in [-0.25, -0.2) is 14.2 Å². The van der Waals surface area contributed by atoms with Gasteiger partial charge in [0.05, 0.1) is 18.5 Å². The first-order valence-electron chi connectivity index (χ1n) is 6.60. The third-order valence-electron chi connectivity index (χ3n) is 2.62. The number of nitrogens with one attached hydrogen (secondary N) is 2. The minimum Gasteiger partial charge on any atom is -0.439 e. The second kappa shape index (κ2) is 7.94. The molecule has 0 atom stereocenters. The Morgan fingerprint density at radius 2 is 2.00 bits per heavy atom. The molecule has 1 aromatic heterocycles. The number of rotatable bonds is 6. The van der Waals surface area contributed by atoms with E-state index < -0.39 is 0 Å². The fourth-order valence-corrected chi connectivity index (χ4v) is 1.58. The maximum Gasteiger partial charge on any atom is 0.319 e. The third-order valence-corrected chi connectivity index (χ3v) is 2.62. The van der Waals surface area contributed by atoms with Crippen molar-refractivity contribution in [1.82, 2.24) is 10.3 Å². The maximum atomic E-state index is 12.8. The van der Waals surface area contributed by atoms with E-state index in [0.29, 0.717) is 30.5 Å². The van der Waals surface area contributed by atoms with E-state index in [1.54, 1.807) is 19.2 Å². The summed E-state index contributed by atoms with van der Waals surface area (Å²) in [4.78, 5) is 15.6. The van der Waals surface area contributed by atoms with Gasteiger partial charge in [-0.3, -0.25) is 0 Å². The van der Waals surface area contributed by atoms with Crippen molar-refractivity contribution in [2.45, 2.75) is 0 Å². The van der Waals surface area contributed by atoms with Gasteiger partial charge in [-0.05, 0) is 30.3 Å². The fraction of sp³-hybridized carbons (Fsp3) is 0.200. The van der Waals surface area contributed by atoms with Crippen molar-refractivity contribution in [3.05, 3.63) is 48.4 Å². The zero-order valence-corrected chi connectivity index (χ0v) is 12.0. The zero-order chi connectivity index (χ0) is 15.8. The Kier molecular flexibility index (Phi) is 5.67. The largest absolute Gasteiger partial charge is 0.439 e. The van der Waals surface area contributed by atoms with Crippen molar-refractivity contribution in [3.63, 3.8) is 0 Å². The second-order valence-electron chi connectivity index (χ2n) is 4.31. The summed E-state index contributed by atoms with van der Waals surface area (Å²) in [6, 6.07) is 8.53. The lowest BCUT2D eigenvalue weighted by atomic mass is 10.3. The lowest BCUT2D eigenvalue weighted by Crippen LogP contribution is -2.31. The Labute approximate surface area is 127 Å². The first-order valence-corrected chi connectivity index (χ1v) is 6.60. The predicted octanol–water partition coefficient (Wildman–Crippen LogP) is 2.78. The van der Waals surface area contributed by atoms with Crippen molar-refractivity contribution in [1.29, 1.82) is 0 Å². The van der Waals surface area contributed by atoms with Crippen LogP contribution in [0.1, 0.15) is 0 Å². The molecule has 0 saturated heterocycles. The van der Waals surface area contributed by atoms with Crippen LogP contribution < -0.4 is 15.4 Å². The Hall–Kier alpha value is -2.67. The normalized spacial score (nSPS) is 10.1. The molecule has 6 nitrogen and oxygen atoms in total. The summed E-state index contributed by atoms with van der Waals surface area (Å²) in [5.41, 5.74) is 0.529. The van der Waals surface area contributed by atoms with Crippen LogP contribution >= 0.6 is 0 Å². The van der Waals surface area contributed by atoms with Crippen LogP contribution in [0.4, 0.5) is 14.9 Å². The van der Waals surface area contributed by atoms with Gasteiger partial charge in [0.25, 0.3) is 0 Å². The summed E-state index contributed by atoms with van der Waals surface area (Å²) in [5, 5.41) is 5.25. The van der Waals surface area contributed by atoms with Crippen LogP contribution in [0.3, 0.4) is 0 Å². The average Bonchev–Trinajstić information content (AvgIpc) is 2.52. The van der Waals surface area contributed by atoms with Gasteiger partial charge in [0, 0.05) is 19.7 Å². The molecule has 0 unspecified atom stereocenters. The summed E-state index contributed by atoms with van der Waals surface area (Å²) in [5.74, 6) is 0.489. The number of pyridine rings is 1. The molecular formula is C15H16FN3O3. The molecular weight excluding hydrogens is 289 g/mol. The summed E-state index contributed by atoms with van der Waals surface area (Å²) in [6.07, 6.45) is 1.47. The molecule has 2 rings (SSSR count). The van der Waals surface area contributed by atoms with Crippen LogP contribution in [0.5, 0.6) is 11.6 Å². The van der Waals surface area contributed by atoms with Crippen molar-refractivity contribution in [2.75, 3.05) is 25.6 Å². The van der Waals surface area contributed by atoms with Gasteiger partial charge in [-0.2, -0.15) is 0 Å². The van der Waals surface area contributed by atoms with Crippen molar-refractivity contribution >= 4 is 11.7 Å². The number of aromatic nitrogens is 1. The number of carbonyl (C=O) groups is 1. The summed E-state index contributed by atoms with van der Waals surface area (Å²) in [6.45, 7) is 0.859. The lowest BCUT2D eigenvalue weighted by Gasteiger charge is -2.08. The Bertz CT molecular complexity index is 602. The molecule has 0 aliphatic rings. The highest BCUT2D eigenvalue weighted by molar-refractivity contribution is 5.88. The number of hydrogen-bond acceptors (Lipinski definition) is 4. The van der Waals surface area contributed by atoms with E-state index in [1.807, 2.05) is 0 Å². The molecule has 2 N–H and O–H groups in total. The minimum atomic E-state index is -0.342. The summed E-state index contributed by atoms with van der Waals surface area (Å²) in [7, 11) is 1.56. The van der Waals surface area contributed by atoms with Gasteiger partial charge in [-0.15, -0.1) is 0 Å². The standard InChI is InChI=1S/C15H16FN3O3/c1-21-9-8-17-15(20)19-12-4-7-14(18-10-12)22-13-5-2-11(16)3-6-13/h2-7,10H,8-9H2,1H3,(H2,17,19,20). The molecule has 0 aliphatic heterocycles. The molecule has 2 aromatic rings. The average molecular weight is 305 g/mol. The van der Waals surface area contributed by atoms with Crippen LogP contribution in [0.15, 0.2) is 42.6 Å². The van der Waals surface area contributed by atoms with Crippen molar-refractivity contribution in [3.8, 4) is 11.6 Å². The number of benzene rings is 1. The van der Waals surface area contributed by atoms with Crippen molar-refractivity contribution < 1.29 is 18.7 Å². The highest BCUT2D eigenvalue weighted by Crippen LogP contribution is 2.20. The quantitative estimate of drug-likeness (QED) is 0.805.